The quantitative estimate of drug-likeness (QED) is 0.813. The highest BCUT2D eigenvalue weighted by Gasteiger charge is 2.33. The van der Waals surface area contributed by atoms with E-state index < -0.39 is 11.9 Å². The Morgan fingerprint density at radius 2 is 2.18 bits per heavy atom. The molecule has 0 saturated heterocycles. The first-order valence-corrected chi connectivity index (χ1v) is 7.59. The van der Waals surface area contributed by atoms with E-state index in [9.17, 15) is 9.59 Å². The van der Waals surface area contributed by atoms with Crippen LogP contribution in [0.4, 0.5) is 0 Å². The number of rotatable bonds is 6. The SMILES string of the molecule is Cc1nn(C)c(Cl)c1/C=C/C(=O)N(CC(C)C(=O)O)C1CC1. The number of carboxylic acids is 1. The van der Waals surface area contributed by atoms with Crippen molar-refractivity contribution in [2.75, 3.05) is 6.54 Å². The summed E-state index contributed by atoms with van der Waals surface area (Å²) in [5.41, 5.74) is 1.45. The van der Waals surface area contributed by atoms with E-state index in [1.54, 1.807) is 29.6 Å². The molecule has 1 fully saturated rings. The van der Waals surface area contributed by atoms with Gasteiger partial charge in [0.2, 0.25) is 5.91 Å². The number of carboxylic acid groups (broad SMARTS) is 1. The van der Waals surface area contributed by atoms with Gasteiger partial charge in [0.15, 0.2) is 0 Å². The number of aliphatic carboxylic acids is 1. The lowest BCUT2D eigenvalue weighted by molar-refractivity contribution is -0.142. The van der Waals surface area contributed by atoms with E-state index in [2.05, 4.69) is 5.10 Å². The number of aromatic nitrogens is 2. The fourth-order valence-electron chi connectivity index (χ4n) is 2.26. The second-order valence-electron chi connectivity index (χ2n) is 5.71. The van der Waals surface area contributed by atoms with Crippen LogP contribution < -0.4 is 0 Å². The predicted octanol–water partition coefficient (Wildman–Crippen LogP) is 2.11. The van der Waals surface area contributed by atoms with Gasteiger partial charge in [-0.3, -0.25) is 14.3 Å². The topological polar surface area (TPSA) is 75.4 Å². The van der Waals surface area contributed by atoms with Gasteiger partial charge in [-0.25, -0.2) is 0 Å². The zero-order valence-electron chi connectivity index (χ0n) is 12.9. The summed E-state index contributed by atoms with van der Waals surface area (Å²) >= 11 is 6.12. The summed E-state index contributed by atoms with van der Waals surface area (Å²) < 4.78 is 1.55. The number of aryl methyl sites for hydroxylation is 2. The van der Waals surface area contributed by atoms with Crippen LogP contribution in [-0.4, -0.2) is 44.3 Å². The lowest BCUT2D eigenvalue weighted by Gasteiger charge is -2.22. The Kier molecular flexibility index (Phi) is 4.90. The molecule has 0 aliphatic heterocycles. The van der Waals surface area contributed by atoms with Gasteiger partial charge in [-0.1, -0.05) is 18.5 Å². The summed E-state index contributed by atoms with van der Waals surface area (Å²) in [6.45, 7) is 3.65. The molecule has 1 unspecified atom stereocenters. The van der Waals surface area contributed by atoms with Crippen molar-refractivity contribution >= 4 is 29.6 Å². The molecule has 2 rings (SSSR count). The lowest BCUT2D eigenvalue weighted by atomic mass is 10.1. The third kappa shape index (κ3) is 3.68. The largest absolute Gasteiger partial charge is 0.481 e. The van der Waals surface area contributed by atoms with Crippen LogP contribution in [0.5, 0.6) is 0 Å². The maximum absolute atomic E-state index is 12.4. The molecule has 1 aliphatic rings. The van der Waals surface area contributed by atoms with Gasteiger partial charge in [0.1, 0.15) is 5.15 Å². The number of halogens is 1. The molecule has 7 heteroatoms. The first-order chi connectivity index (χ1) is 10.3. The molecule has 0 radical (unpaired) electrons. The summed E-state index contributed by atoms with van der Waals surface area (Å²) in [6.07, 6.45) is 4.95. The van der Waals surface area contributed by atoms with Crippen molar-refractivity contribution in [1.82, 2.24) is 14.7 Å². The molecule has 0 spiro atoms. The second kappa shape index (κ2) is 6.52. The van der Waals surface area contributed by atoms with Crippen LogP contribution in [0.2, 0.25) is 5.15 Å². The molecule has 1 heterocycles. The second-order valence-corrected chi connectivity index (χ2v) is 6.07. The molecule has 1 saturated carbocycles. The first-order valence-electron chi connectivity index (χ1n) is 7.21. The smallest absolute Gasteiger partial charge is 0.308 e. The fourth-order valence-corrected chi connectivity index (χ4v) is 2.50. The summed E-state index contributed by atoms with van der Waals surface area (Å²) in [4.78, 5) is 25.0. The normalized spacial score (nSPS) is 16.0. The zero-order chi connectivity index (χ0) is 16.4. The highest BCUT2D eigenvalue weighted by molar-refractivity contribution is 6.31. The van der Waals surface area contributed by atoms with Gasteiger partial charge in [-0.15, -0.1) is 0 Å². The number of hydrogen-bond acceptors (Lipinski definition) is 3. The molecule has 1 aromatic heterocycles. The average Bonchev–Trinajstić information content (AvgIpc) is 3.24. The van der Waals surface area contributed by atoms with Crippen molar-refractivity contribution in [3.63, 3.8) is 0 Å². The van der Waals surface area contributed by atoms with Crippen molar-refractivity contribution < 1.29 is 14.7 Å². The van der Waals surface area contributed by atoms with Gasteiger partial charge >= 0.3 is 5.97 Å². The van der Waals surface area contributed by atoms with Crippen LogP contribution >= 0.6 is 11.6 Å². The first kappa shape index (κ1) is 16.5. The Balaban J connectivity index is 2.11. The third-order valence-corrected chi connectivity index (χ3v) is 4.20. The summed E-state index contributed by atoms with van der Waals surface area (Å²) in [5, 5.41) is 13.7. The Morgan fingerprint density at radius 1 is 1.55 bits per heavy atom. The Morgan fingerprint density at radius 3 is 2.64 bits per heavy atom. The van der Waals surface area contributed by atoms with Crippen LogP contribution in [0, 0.1) is 12.8 Å². The monoisotopic (exact) mass is 325 g/mol. The van der Waals surface area contributed by atoms with Crippen LogP contribution in [0.25, 0.3) is 6.08 Å². The van der Waals surface area contributed by atoms with Crippen LogP contribution in [0.1, 0.15) is 31.0 Å². The van der Waals surface area contributed by atoms with Gasteiger partial charge in [-0.05, 0) is 25.8 Å². The highest BCUT2D eigenvalue weighted by Crippen LogP contribution is 2.28. The molecule has 22 heavy (non-hydrogen) atoms. The van der Waals surface area contributed by atoms with Crippen LogP contribution in [-0.2, 0) is 16.6 Å². The van der Waals surface area contributed by atoms with Gasteiger partial charge < -0.3 is 10.0 Å². The number of hydrogen-bond donors (Lipinski definition) is 1. The molecule has 1 atom stereocenters. The maximum Gasteiger partial charge on any atom is 0.308 e. The van der Waals surface area contributed by atoms with E-state index in [1.165, 1.54) is 6.08 Å². The van der Waals surface area contributed by atoms with Crippen LogP contribution in [0.3, 0.4) is 0 Å². The third-order valence-electron chi connectivity index (χ3n) is 3.75. The number of amides is 1. The molecule has 1 aromatic rings. The molecule has 1 N–H and O–H groups in total. The van der Waals surface area contributed by atoms with Crippen molar-refractivity contribution in [1.29, 1.82) is 0 Å². The molecule has 1 amide bonds. The van der Waals surface area contributed by atoms with Gasteiger partial charge in [0.05, 0.1) is 11.6 Å². The molecule has 120 valence electrons. The van der Waals surface area contributed by atoms with Gasteiger partial charge in [0, 0.05) is 31.3 Å². The summed E-state index contributed by atoms with van der Waals surface area (Å²) in [7, 11) is 1.74. The molecule has 1 aliphatic carbocycles. The number of carbonyl (C=O) groups excluding carboxylic acids is 1. The van der Waals surface area contributed by atoms with E-state index >= 15 is 0 Å². The molecule has 6 nitrogen and oxygen atoms in total. The Labute approximate surface area is 134 Å². The molecular weight excluding hydrogens is 306 g/mol. The lowest BCUT2D eigenvalue weighted by Crippen LogP contribution is -2.37. The van der Waals surface area contributed by atoms with Gasteiger partial charge in [0.25, 0.3) is 0 Å². The molecule has 0 aromatic carbocycles. The minimum absolute atomic E-state index is 0.157. The fraction of sp³-hybridized carbons (Fsp3) is 0.533. The zero-order valence-corrected chi connectivity index (χ0v) is 13.7. The van der Waals surface area contributed by atoms with Crippen molar-refractivity contribution in [3.05, 3.63) is 22.5 Å². The van der Waals surface area contributed by atoms with E-state index in [0.717, 1.165) is 18.5 Å². The average molecular weight is 326 g/mol. The van der Waals surface area contributed by atoms with Crippen molar-refractivity contribution in [2.45, 2.75) is 32.7 Å². The van der Waals surface area contributed by atoms with Crippen molar-refractivity contribution in [3.8, 4) is 0 Å². The Hall–Kier alpha value is -1.82. The highest BCUT2D eigenvalue weighted by atomic mass is 35.5. The van der Waals surface area contributed by atoms with Crippen molar-refractivity contribution in [2.24, 2.45) is 13.0 Å². The summed E-state index contributed by atoms with van der Waals surface area (Å²) in [5.74, 6) is -1.66. The Bertz CT molecular complexity index is 620. The molecular formula is C15H20ClN3O3. The standard InChI is InChI=1S/C15H20ClN3O3/c1-9(15(21)22)8-19(11-4-5-11)13(20)7-6-12-10(2)17-18(3)14(12)16/h6-7,9,11H,4-5,8H2,1-3H3,(H,21,22)/b7-6+. The van der Waals surface area contributed by atoms with E-state index in [4.69, 9.17) is 16.7 Å². The van der Waals surface area contributed by atoms with Crippen LogP contribution in [0.15, 0.2) is 6.08 Å². The number of nitrogens with zero attached hydrogens (tertiary/aromatic N) is 3. The molecule has 0 bridgehead atoms. The maximum atomic E-state index is 12.4. The minimum atomic E-state index is -0.895. The number of carbonyl (C=O) groups is 2. The van der Waals surface area contributed by atoms with E-state index in [0.29, 0.717) is 10.7 Å². The predicted molar refractivity (Wildman–Crippen MR) is 83.5 cm³/mol. The van der Waals surface area contributed by atoms with E-state index in [-0.39, 0.29) is 18.5 Å². The minimum Gasteiger partial charge on any atom is -0.481 e. The van der Waals surface area contributed by atoms with E-state index in [1.807, 2.05) is 6.92 Å². The van der Waals surface area contributed by atoms with Gasteiger partial charge in [-0.2, -0.15) is 5.10 Å². The summed E-state index contributed by atoms with van der Waals surface area (Å²) in [6, 6.07) is 0.157.